The van der Waals surface area contributed by atoms with Crippen LogP contribution in [0.3, 0.4) is 0 Å². The van der Waals surface area contributed by atoms with E-state index >= 15 is 0 Å². The summed E-state index contributed by atoms with van der Waals surface area (Å²) >= 11 is 1.86. The summed E-state index contributed by atoms with van der Waals surface area (Å²) in [5, 5.41) is 6.89. The zero-order valence-corrected chi connectivity index (χ0v) is 14.0. The number of hydrogen-bond donors (Lipinski definition) is 2. The number of anilines is 2. The van der Waals surface area contributed by atoms with Crippen LogP contribution in [0, 0.1) is 0 Å². The highest BCUT2D eigenvalue weighted by Crippen LogP contribution is 2.15. The normalized spacial score (nSPS) is 12.2. The molecular formula is C15H28N4S. The Morgan fingerprint density at radius 1 is 1.15 bits per heavy atom. The smallest absolute Gasteiger partial charge is 0.133 e. The van der Waals surface area contributed by atoms with Crippen molar-refractivity contribution in [3.63, 3.8) is 0 Å². The van der Waals surface area contributed by atoms with Crippen molar-refractivity contribution in [3.05, 3.63) is 11.9 Å². The van der Waals surface area contributed by atoms with Crippen LogP contribution < -0.4 is 10.6 Å². The molecule has 1 atom stereocenters. The van der Waals surface area contributed by atoms with E-state index in [2.05, 4.69) is 47.6 Å². The summed E-state index contributed by atoms with van der Waals surface area (Å²) in [7, 11) is 0. The lowest BCUT2D eigenvalue weighted by Crippen LogP contribution is -2.22. The van der Waals surface area contributed by atoms with E-state index in [1.54, 1.807) is 0 Å². The maximum Gasteiger partial charge on any atom is 0.133 e. The molecular weight excluding hydrogens is 268 g/mol. The third kappa shape index (κ3) is 5.99. The van der Waals surface area contributed by atoms with Crippen LogP contribution in [0.2, 0.25) is 0 Å². The average molecular weight is 296 g/mol. The van der Waals surface area contributed by atoms with Crippen LogP contribution in [0.15, 0.2) is 6.07 Å². The SMILES string of the molecule is CCCNc1cc(NC(CC)CSC)nc(CCC)n1. The van der Waals surface area contributed by atoms with E-state index in [4.69, 9.17) is 0 Å². The fourth-order valence-corrected chi connectivity index (χ4v) is 2.64. The van der Waals surface area contributed by atoms with Crippen molar-refractivity contribution in [1.29, 1.82) is 0 Å². The van der Waals surface area contributed by atoms with Crippen LogP contribution in [-0.2, 0) is 6.42 Å². The Bertz CT molecular complexity index is 384. The molecule has 1 aromatic heterocycles. The quantitative estimate of drug-likeness (QED) is 0.687. The van der Waals surface area contributed by atoms with Gasteiger partial charge in [0.1, 0.15) is 17.5 Å². The van der Waals surface area contributed by atoms with Gasteiger partial charge in [-0.05, 0) is 25.5 Å². The second-order valence-corrected chi connectivity index (χ2v) is 5.85. The number of rotatable bonds is 10. The minimum atomic E-state index is 0.466. The minimum absolute atomic E-state index is 0.466. The molecule has 1 heterocycles. The van der Waals surface area contributed by atoms with Gasteiger partial charge in [-0.15, -0.1) is 0 Å². The summed E-state index contributed by atoms with van der Waals surface area (Å²) in [6.45, 7) is 7.47. The van der Waals surface area contributed by atoms with Crippen LogP contribution in [0.1, 0.15) is 45.9 Å². The number of thioether (sulfide) groups is 1. The minimum Gasteiger partial charge on any atom is -0.370 e. The van der Waals surface area contributed by atoms with Crippen LogP contribution in [0.5, 0.6) is 0 Å². The summed E-state index contributed by atoms with van der Waals surface area (Å²) in [4.78, 5) is 9.20. The predicted molar refractivity (Wildman–Crippen MR) is 90.9 cm³/mol. The highest BCUT2D eigenvalue weighted by Gasteiger charge is 2.09. The van der Waals surface area contributed by atoms with E-state index < -0.39 is 0 Å². The van der Waals surface area contributed by atoms with Gasteiger partial charge in [0.15, 0.2) is 0 Å². The monoisotopic (exact) mass is 296 g/mol. The summed E-state index contributed by atoms with van der Waals surface area (Å²) in [6.07, 6.45) is 6.33. The molecule has 0 saturated heterocycles. The van der Waals surface area contributed by atoms with Crippen molar-refractivity contribution in [2.45, 2.75) is 52.5 Å². The largest absolute Gasteiger partial charge is 0.370 e. The van der Waals surface area contributed by atoms with E-state index in [9.17, 15) is 0 Å². The van der Waals surface area contributed by atoms with Crippen molar-refractivity contribution >= 4 is 23.4 Å². The fraction of sp³-hybridized carbons (Fsp3) is 0.733. The van der Waals surface area contributed by atoms with Crippen LogP contribution in [-0.4, -0.2) is 34.6 Å². The molecule has 2 N–H and O–H groups in total. The van der Waals surface area contributed by atoms with E-state index in [1.165, 1.54) is 0 Å². The first-order chi connectivity index (χ1) is 9.73. The zero-order valence-electron chi connectivity index (χ0n) is 13.2. The molecule has 1 unspecified atom stereocenters. The number of hydrogen-bond acceptors (Lipinski definition) is 5. The molecule has 1 aromatic rings. The molecule has 0 fully saturated rings. The van der Waals surface area contributed by atoms with E-state index in [1.807, 2.05) is 17.8 Å². The lowest BCUT2D eigenvalue weighted by atomic mass is 10.2. The Kier molecular flexibility index (Phi) is 8.42. The van der Waals surface area contributed by atoms with Gasteiger partial charge in [0.05, 0.1) is 0 Å². The highest BCUT2D eigenvalue weighted by atomic mass is 32.2. The van der Waals surface area contributed by atoms with Crippen LogP contribution in [0.25, 0.3) is 0 Å². The number of nitrogens with zero attached hydrogens (tertiary/aromatic N) is 2. The topological polar surface area (TPSA) is 49.8 Å². The third-order valence-corrected chi connectivity index (χ3v) is 3.75. The summed E-state index contributed by atoms with van der Waals surface area (Å²) in [6, 6.07) is 2.49. The molecule has 0 aromatic carbocycles. The number of nitrogens with one attached hydrogen (secondary N) is 2. The molecule has 0 spiro atoms. The van der Waals surface area contributed by atoms with Gasteiger partial charge in [-0.2, -0.15) is 11.8 Å². The molecule has 20 heavy (non-hydrogen) atoms. The van der Waals surface area contributed by atoms with Gasteiger partial charge in [0.25, 0.3) is 0 Å². The van der Waals surface area contributed by atoms with Crippen LogP contribution >= 0.6 is 11.8 Å². The van der Waals surface area contributed by atoms with Gasteiger partial charge in [-0.1, -0.05) is 20.8 Å². The van der Waals surface area contributed by atoms with Crippen molar-refractivity contribution < 1.29 is 0 Å². The second-order valence-electron chi connectivity index (χ2n) is 4.94. The third-order valence-electron chi connectivity index (χ3n) is 3.01. The molecule has 0 aliphatic carbocycles. The van der Waals surface area contributed by atoms with E-state index in [0.717, 1.165) is 55.4 Å². The molecule has 114 valence electrons. The molecule has 0 amide bonds. The zero-order chi connectivity index (χ0) is 14.8. The Balaban J connectivity index is 2.83. The Hall–Kier alpha value is -0.970. The standard InChI is InChI=1S/C15H28N4S/c1-5-8-13-18-14(16-9-6-2)10-15(19-13)17-12(7-3)11-20-4/h10,12H,5-9,11H2,1-4H3,(H2,16,17,18,19). The van der Waals surface area contributed by atoms with Crippen LogP contribution in [0.4, 0.5) is 11.6 Å². The number of aromatic nitrogens is 2. The lowest BCUT2D eigenvalue weighted by Gasteiger charge is -2.17. The van der Waals surface area contributed by atoms with Gasteiger partial charge in [0.2, 0.25) is 0 Å². The maximum absolute atomic E-state index is 4.63. The van der Waals surface area contributed by atoms with Gasteiger partial charge in [-0.25, -0.2) is 9.97 Å². The summed E-state index contributed by atoms with van der Waals surface area (Å²) in [5.74, 6) is 3.91. The number of aryl methyl sites for hydroxylation is 1. The molecule has 0 radical (unpaired) electrons. The Labute approximate surface area is 127 Å². The summed E-state index contributed by atoms with van der Waals surface area (Å²) < 4.78 is 0. The molecule has 4 nitrogen and oxygen atoms in total. The van der Waals surface area contributed by atoms with Crippen molar-refractivity contribution in [1.82, 2.24) is 9.97 Å². The maximum atomic E-state index is 4.63. The van der Waals surface area contributed by atoms with Crippen molar-refractivity contribution in [2.75, 3.05) is 29.2 Å². The molecule has 1 rings (SSSR count). The lowest BCUT2D eigenvalue weighted by molar-refractivity contribution is 0.761. The molecule has 0 saturated carbocycles. The van der Waals surface area contributed by atoms with Crippen molar-refractivity contribution in [2.24, 2.45) is 0 Å². The Morgan fingerprint density at radius 3 is 2.50 bits per heavy atom. The second kappa shape index (κ2) is 9.86. The first kappa shape index (κ1) is 17.1. The van der Waals surface area contributed by atoms with E-state index in [-0.39, 0.29) is 0 Å². The predicted octanol–water partition coefficient (Wildman–Crippen LogP) is 3.80. The summed E-state index contributed by atoms with van der Waals surface area (Å²) in [5.41, 5.74) is 0. The Morgan fingerprint density at radius 2 is 1.90 bits per heavy atom. The fourth-order valence-electron chi connectivity index (χ4n) is 1.92. The average Bonchev–Trinajstić information content (AvgIpc) is 2.45. The van der Waals surface area contributed by atoms with Gasteiger partial charge in [-0.3, -0.25) is 0 Å². The van der Waals surface area contributed by atoms with Gasteiger partial charge in [0, 0.05) is 30.8 Å². The highest BCUT2D eigenvalue weighted by molar-refractivity contribution is 7.98. The van der Waals surface area contributed by atoms with Gasteiger partial charge >= 0.3 is 0 Å². The molecule has 0 aliphatic heterocycles. The molecule has 0 bridgehead atoms. The molecule has 5 heteroatoms. The molecule has 0 aliphatic rings. The van der Waals surface area contributed by atoms with E-state index in [0.29, 0.717) is 6.04 Å². The van der Waals surface area contributed by atoms with Gasteiger partial charge < -0.3 is 10.6 Å². The van der Waals surface area contributed by atoms with Crippen molar-refractivity contribution in [3.8, 4) is 0 Å². The first-order valence-corrected chi connectivity index (χ1v) is 9.00. The first-order valence-electron chi connectivity index (χ1n) is 7.60.